The molecule has 0 aliphatic carbocycles. The molecule has 2 heteroatoms. The molecule has 30 heavy (non-hydrogen) atoms. The lowest BCUT2D eigenvalue weighted by molar-refractivity contribution is -0.108. The van der Waals surface area contributed by atoms with Crippen molar-refractivity contribution in [2.24, 2.45) is 35.5 Å². The van der Waals surface area contributed by atoms with Crippen molar-refractivity contribution in [3.63, 3.8) is 0 Å². The van der Waals surface area contributed by atoms with Gasteiger partial charge in [-0.25, -0.2) is 0 Å². The van der Waals surface area contributed by atoms with Crippen molar-refractivity contribution in [1.29, 1.82) is 0 Å². The minimum atomic E-state index is 0.740. The molecule has 0 aromatic heterocycles. The lowest BCUT2D eigenvalue weighted by Gasteiger charge is -2.19. The Labute approximate surface area is 190 Å². The highest BCUT2D eigenvalue weighted by Gasteiger charge is 2.11. The summed E-state index contributed by atoms with van der Waals surface area (Å²) in [6, 6.07) is 0. The van der Waals surface area contributed by atoms with Gasteiger partial charge in [0.15, 0.2) is 0 Å². The summed E-state index contributed by atoms with van der Waals surface area (Å²) < 4.78 is 0. The molecular weight excluding hydrogens is 368 g/mol. The van der Waals surface area contributed by atoms with E-state index in [0.29, 0.717) is 0 Å². The van der Waals surface area contributed by atoms with E-state index >= 15 is 0 Å². The molecule has 0 aromatic carbocycles. The van der Waals surface area contributed by atoms with Crippen molar-refractivity contribution in [1.82, 2.24) is 0 Å². The van der Waals surface area contributed by atoms with Crippen LogP contribution < -0.4 is 0 Å². The highest BCUT2D eigenvalue weighted by atomic mass is 16.1. The Balaban J connectivity index is -0.000000452. The fourth-order valence-corrected chi connectivity index (χ4v) is 4.32. The van der Waals surface area contributed by atoms with Crippen molar-refractivity contribution < 1.29 is 9.59 Å². The van der Waals surface area contributed by atoms with Crippen LogP contribution in [0, 0.1) is 35.5 Å². The molecular formula is C28H56O2. The van der Waals surface area contributed by atoms with Gasteiger partial charge in [0, 0.05) is 6.42 Å². The molecule has 0 bridgehead atoms. The van der Waals surface area contributed by atoms with E-state index < -0.39 is 0 Å². The van der Waals surface area contributed by atoms with Gasteiger partial charge >= 0.3 is 0 Å². The highest BCUT2D eigenvalue weighted by Crippen LogP contribution is 2.24. The van der Waals surface area contributed by atoms with Gasteiger partial charge in [0.1, 0.15) is 13.1 Å². The number of unbranched alkanes of at least 4 members (excludes halogenated alkanes) is 1. The maximum Gasteiger partial charge on any atom is 0.119 e. The van der Waals surface area contributed by atoms with E-state index in [1.807, 2.05) is 12.9 Å². The van der Waals surface area contributed by atoms with Crippen LogP contribution in [-0.4, -0.2) is 13.1 Å². The summed E-state index contributed by atoms with van der Waals surface area (Å²) in [4.78, 5) is 18.2. The van der Waals surface area contributed by atoms with E-state index in [2.05, 4.69) is 62.0 Å². The van der Waals surface area contributed by atoms with Crippen molar-refractivity contribution in [2.75, 3.05) is 0 Å². The molecule has 0 saturated heterocycles. The molecule has 0 aliphatic rings. The van der Waals surface area contributed by atoms with Crippen molar-refractivity contribution in [3.8, 4) is 0 Å². The smallest absolute Gasteiger partial charge is 0.119 e. The molecule has 0 aromatic rings. The molecule has 0 radical (unpaired) electrons. The van der Waals surface area contributed by atoms with Crippen LogP contribution in [0.25, 0.3) is 0 Å². The first kappa shape index (κ1) is 33.7. The molecule has 6 atom stereocenters. The lowest BCUT2D eigenvalue weighted by Crippen LogP contribution is -2.07. The zero-order valence-electron chi connectivity index (χ0n) is 21.9. The van der Waals surface area contributed by atoms with Gasteiger partial charge in [-0.3, -0.25) is 0 Å². The van der Waals surface area contributed by atoms with Crippen LogP contribution in [0.15, 0.2) is 12.7 Å². The van der Waals surface area contributed by atoms with Crippen molar-refractivity contribution in [2.45, 2.75) is 120 Å². The molecule has 0 aliphatic heterocycles. The van der Waals surface area contributed by atoms with Crippen LogP contribution in [-0.2, 0) is 9.59 Å². The summed E-state index contributed by atoms with van der Waals surface area (Å²) in [5.41, 5.74) is 0. The van der Waals surface area contributed by atoms with Crippen LogP contribution >= 0.6 is 0 Å². The highest BCUT2D eigenvalue weighted by molar-refractivity contribution is 5.48. The monoisotopic (exact) mass is 424 g/mol. The molecule has 6 unspecified atom stereocenters. The zero-order chi connectivity index (χ0) is 23.9. The quantitative estimate of drug-likeness (QED) is 0.141. The summed E-state index contributed by atoms with van der Waals surface area (Å²) in [5.74, 6) is 5.07. The number of allylic oxidation sites excluding steroid dienone is 1. The maximum absolute atomic E-state index is 10.2. The van der Waals surface area contributed by atoms with E-state index in [0.717, 1.165) is 54.6 Å². The molecule has 0 spiro atoms. The summed E-state index contributed by atoms with van der Waals surface area (Å²) >= 11 is 0. The Morgan fingerprint density at radius 3 is 1.43 bits per heavy atom. The number of hydrogen-bond donors (Lipinski definition) is 0. The molecule has 0 N–H and O–H groups in total. The molecule has 180 valence electrons. The third kappa shape index (κ3) is 25.1. The molecule has 0 fully saturated rings. The Morgan fingerprint density at radius 2 is 1.07 bits per heavy atom. The normalized spacial score (nSPS) is 16.4. The molecule has 0 rings (SSSR count). The van der Waals surface area contributed by atoms with E-state index in [1.165, 1.54) is 51.4 Å². The van der Waals surface area contributed by atoms with Gasteiger partial charge in [0.05, 0.1) is 0 Å². The molecule has 0 heterocycles. The Morgan fingerprint density at radius 1 is 0.667 bits per heavy atom. The fourth-order valence-electron chi connectivity index (χ4n) is 4.32. The van der Waals surface area contributed by atoms with Crippen molar-refractivity contribution >= 4 is 13.1 Å². The maximum atomic E-state index is 10.2. The van der Waals surface area contributed by atoms with E-state index in [4.69, 9.17) is 4.79 Å². The largest absolute Gasteiger partial charge is 0.307 e. The topological polar surface area (TPSA) is 34.1 Å². The number of carbonyl (C=O) groups excluding carboxylic acids is 2. The first-order chi connectivity index (χ1) is 14.2. The summed E-state index contributed by atoms with van der Waals surface area (Å²) in [5, 5.41) is 0. The van der Waals surface area contributed by atoms with E-state index in [1.54, 1.807) is 0 Å². The van der Waals surface area contributed by atoms with Gasteiger partial charge in [-0.05, 0) is 74.0 Å². The van der Waals surface area contributed by atoms with E-state index in [9.17, 15) is 4.79 Å². The van der Waals surface area contributed by atoms with Crippen LogP contribution in [0.1, 0.15) is 120 Å². The standard InChI is InChI=1S/C14H28O.C13H26.CH2O/c1-5-12(2)10-14(4)11-13(3)8-6-7-9-15;1-6-8-12(4)10-13(5)9-11(3)7-2;1-2/h9,12-14H,5-8,10-11H2,1-4H3;6,11-13H,1,7-10H2,2-5H3;1H2. The molecule has 2 nitrogen and oxygen atoms in total. The zero-order valence-corrected chi connectivity index (χ0v) is 21.9. The number of hydrogen-bond acceptors (Lipinski definition) is 2. The second kappa shape index (κ2) is 24.4. The van der Waals surface area contributed by atoms with Gasteiger partial charge in [-0.1, -0.05) is 80.7 Å². The average molecular weight is 425 g/mol. The minimum absolute atomic E-state index is 0.740. The predicted molar refractivity (Wildman–Crippen MR) is 136 cm³/mol. The van der Waals surface area contributed by atoms with E-state index in [-0.39, 0.29) is 0 Å². The molecule has 0 amide bonds. The SMILES string of the molecule is C=CCC(C)CC(C)CC(C)CC.C=O.CCC(C)CC(C)CC(C)CCCC=O. The Kier molecular flexibility index (Phi) is 27.4. The number of rotatable bonds is 16. The minimum Gasteiger partial charge on any atom is -0.307 e. The number of aldehydes is 1. The van der Waals surface area contributed by atoms with Gasteiger partial charge in [0.2, 0.25) is 0 Å². The second-order valence-electron chi connectivity index (χ2n) is 10.0. The first-order valence-corrected chi connectivity index (χ1v) is 12.5. The predicted octanol–water partition coefficient (Wildman–Crippen LogP) is 8.93. The van der Waals surface area contributed by atoms with Gasteiger partial charge < -0.3 is 9.59 Å². The second-order valence-corrected chi connectivity index (χ2v) is 10.0. The first-order valence-electron chi connectivity index (χ1n) is 12.5. The van der Waals surface area contributed by atoms with Crippen LogP contribution in [0.3, 0.4) is 0 Å². The Hall–Kier alpha value is -0.920. The van der Waals surface area contributed by atoms with Crippen LogP contribution in [0.4, 0.5) is 0 Å². The van der Waals surface area contributed by atoms with Gasteiger partial charge in [-0.2, -0.15) is 0 Å². The Bertz CT molecular complexity index is 366. The third-order valence-corrected chi connectivity index (χ3v) is 6.20. The van der Waals surface area contributed by atoms with Crippen LogP contribution in [0.2, 0.25) is 0 Å². The average Bonchev–Trinajstić information content (AvgIpc) is 2.69. The summed E-state index contributed by atoms with van der Waals surface area (Å²) in [6.45, 7) is 24.4. The van der Waals surface area contributed by atoms with Crippen molar-refractivity contribution in [3.05, 3.63) is 12.7 Å². The fraction of sp³-hybridized carbons (Fsp3) is 0.857. The lowest BCUT2D eigenvalue weighted by atomic mass is 9.87. The summed E-state index contributed by atoms with van der Waals surface area (Å²) in [7, 11) is 0. The van der Waals surface area contributed by atoms with Gasteiger partial charge in [-0.15, -0.1) is 6.58 Å². The van der Waals surface area contributed by atoms with Crippen LogP contribution in [0.5, 0.6) is 0 Å². The third-order valence-electron chi connectivity index (χ3n) is 6.20. The number of carbonyl (C=O) groups is 2. The summed E-state index contributed by atoms with van der Waals surface area (Å²) in [6.07, 6.45) is 15.3. The molecule has 0 saturated carbocycles. The van der Waals surface area contributed by atoms with Gasteiger partial charge in [0.25, 0.3) is 0 Å².